The zero-order valence-electron chi connectivity index (χ0n) is 10.2. The van der Waals surface area contributed by atoms with Crippen molar-refractivity contribution in [1.82, 2.24) is 0 Å². The van der Waals surface area contributed by atoms with Crippen molar-refractivity contribution in [1.29, 1.82) is 0 Å². The number of benzene rings is 1. The van der Waals surface area contributed by atoms with Crippen LogP contribution in [-0.4, -0.2) is 0 Å². The van der Waals surface area contributed by atoms with Crippen LogP contribution >= 0.6 is 22.9 Å². The Kier molecular flexibility index (Phi) is 4.25. The van der Waals surface area contributed by atoms with Crippen LogP contribution in [-0.2, 0) is 12.8 Å². The van der Waals surface area contributed by atoms with Crippen molar-refractivity contribution in [2.45, 2.75) is 32.1 Å². The Morgan fingerprint density at radius 3 is 2.35 bits per heavy atom. The summed E-state index contributed by atoms with van der Waals surface area (Å²) in [7, 11) is 0. The summed E-state index contributed by atoms with van der Waals surface area (Å²) in [5.74, 6) is 0. The van der Waals surface area contributed by atoms with Crippen LogP contribution in [0.25, 0.3) is 0 Å². The molecule has 0 bridgehead atoms. The lowest BCUT2D eigenvalue weighted by molar-refractivity contribution is 1.07. The van der Waals surface area contributed by atoms with Crippen molar-refractivity contribution >= 4 is 22.9 Å². The Balaban J connectivity index is 2.27. The summed E-state index contributed by atoms with van der Waals surface area (Å²) in [6, 6.07) is 10.8. The van der Waals surface area contributed by atoms with Crippen LogP contribution in [0.3, 0.4) is 0 Å². The van der Waals surface area contributed by atoms with Crippen molar-refractivity contribution in [3.05, 3.63) is 57.3 Å². The van der Waals surface area contributed by atoms with Gasteiger partial charge in [0.05, 0.1) is 5.38 Å². The molecule has 0 amide bonds. The Labute approximate surface area is 112 Å². The molecule has 90 valence electrons. The summed E-state index contributed by atoms with van der Waals surface area (Å²) in [6.07, 6.45) is 2.13. The van der Waals surface area contributed by atoms with Gasteiger partial charge in [-0.1, -0.05) is 38.1 Å². The third-order valence-electron chi connectivity index (χ3n) is 3.07. The average molecular weight is 265 g/mol. The SMILES string of the molecule is CCc1ccc(C(Cl)c2sccc2CC)cc1. The first-order valence-electron chi connectivity index (χ1n) is 6.05. The lowest BCUT2D eigenvalue weighted by atomic mass is 10.0. The third kappa shape index (κ3) is 2.72. The Morgan fingerprint density at radius 2 is 1.76 bits per heavy atom. The molecule has 0 radical (unpaired) electrons. The highest BCUT2D eigenvalue weighted by atomic mass is 35.5. The first kappa shape index (κ1) is 12.7. The molecule has 1 aromatic heterocycles. The molecule has 1 unspecified atom stereocenters. The van der Waals surface area contributed by atoms with Gasteiger partial charge < -0.3 is 0 Å². The van der Waals surface area contributed by atoms with Crippen LogP contribution in [0.4, 0.5) is 0 Å². The predicted octanol–water partition coefficient (Wildman–Crippen LogP) is 5.20. The normalized spacial score (nSPS) is 12.6. The van der Waals surface area contributed by atoms with Gasteiger partial charge in [-0.15, -0.1) is 22.9 Å². The van der Waals surface area contributed by atoms with E-state index in [1.165, 1.54) is 21.6 Å². The van der Waals surface area contributed by atoms with Crippen LogP contribution in [0.1, 0.15) is 40.8 Å². The highest BCUT2D eigenvalue weighted by Crippen LogP contribution is 2.35. The molecule has 0 aliphatic carbocycles. The Bertz CT molecular complexity index is 470. The molecule has 1 atom stereocenters. The molecular weight excluding hydrogens is 248 g/mol. The van der Waals surface area contributed by atoms with Crippen LogP contribution in [0.5, 0.6) is 0 Å². The summed E-state index contributed by atoms with van der Waals surface area (Å²) in [5, 5.41) is 2.13. The highest BCUT2D eigenvalue weighted by Gasteiger charge is 2.15. The van der Waals surface area contributed by atoms with Gasteiger partial charge in [-0.05, 0) is 41.0 Å². The van der Waals surface area contributed by atoms with E-state index in [0.29, 0.717) is 0 Å². The second-order valence-corrected chi connectivity index (χ2v) is 5.51. The van der Waals surface area contributed by atoms with E-state index < -0.39 is 0 Å². The molecule has 2 aromatic rings. The van der Waals surface area contributed by atoms with Gasteiger partial charge >= 0.3 is 0 Å². The van der Waals surface area contributed by atoms with Gasteiger partial charge in [0.1, 0.15) is 0 Å². The van der Waals surface area contributed by atoms with Gasteiger partial charge in [0.25, 0.3) is 0 Å². The van der Waals surface area contributed by atoms with E-state index >= 15 is 0 Å². The largest absolute Gasteiger partial charge is 0.147 e. The zero-order valence-corrected chi connectivity index (χ0v) is 11.8. The second-order valence-electron chi connectivity index (χ2n) is 4.12. The van der Waals surface area contributed by atoms with E-state index in [-0.39, 0.29) is 5.38 Å². The molecule has 0 spiro atoms. The number of rotatable bonds is 4. The molecule has 2 heteroatoms. The fraction of sp³-hybridized carbons (Fsp3) is 0.333. The number of thiophene rings is 1. The van der Waals surface area contributed by atoms with Gasteiger partial charge in [0.2, 0.25) is 0 Å². The Morgan fingerprint density at radius 1 is 1.06 bits per heavy atom. The molecule has 0 saturated heterocycles. The molecule has 2 rings (SSSR count). The summed E-state index contributed by atoms with van der Waals surface area (Å²) in [5.41, 5.74) is 3.93. The first-order chi connectivity index (χ1) is 8.26. The average Bonchev–Trinajstić information content (AvgIpc) is 2.86. The molecule has 0 saturated carbocycles. The molecule has 1 heterocycles. The summed E-state index contributed by atoms with van der Waals surface area (Å²) in [4.78, 5) is 1.29. The minimum atomic E-state index is -0.00384. The van der Waals surface area contributed by atoms with Crippen molar-refractivity contribution in [2.24, 2.45) is 0 Å². The van der Waals surface area contributed by atoms with Gasteiger partial charge in [-0.3, -0.25) is 0 Å². The molecule has 0 nitrogen and oxygen atoms in total. The molecule has 17 heavy (non-hydrogen) atoms. The molecule has 1 aromatic carbocycles. The van der Waals surface area contributed by atoms with E-state index in [0.717, 1.165) is 12.8 Å². The zero-order chi connectivity index (χ0) is 12.3. The predicted molar refractivity (Wildman–Crippen MR) is 77.2 cm³/mol. The van der Waals surface area contributed by atoms with E-state index in [9.17, 15) is 0 Å². The topological polar surface area (TPSA) is 0 Å². The van der Waals surface area contributed by atoms with Gasteiger partial charge in [0, 0.05) is 4.88 Å². The number of hydrogen-bond donors (Lipinski definition) is 0. The number of halogens is 1. The smallest absolute Gasteiger partial charge is 0.0930 e. The lowest BCUT2D eigenvalue weighted by Gasteiger charge is -2.11. The van der Waals surface area contributed by atoms with Crippen LogP contribution in [0, 0.1) is 0 Å². The van der Waals surface area contributed by atoms with Gasteiger partial charge in [-0.2, -0.15) is 0 Å². The van der Waals surface area contributed by atoms with Crippen LogP contribution < -0.4 is 0 Å². The van der Waals surface area contributed by atoms with Crippen LogP contribution in [0.15, 0.2) is 35.7 Å². The lowest BCUT2D eigenvalue weighted by Crippen LogP contribution is -1.94. The maximum absolute atomic E-state index is 6.56. The standard InChI is InChI=1S/C15H17ClS/c1-3-11-5-7-13(8-6-11)14(16)15-12(4-2)9-10-17-15/h5-10,14H,3-4H2,1-2H3. The van der Waals surface area contributed by atoms with E-state index in [2.05, 4.69) is 49.6 Å². The fourth-order valence-electron chi connectivity index (χ4n) is 1.94. The maximum atomic E-state index is 6.56. The molecular formula is C15H17ClS. The minimum absolute atomic E-state index is 0.00384. The maximum Gasteiger partial charge on any atom is 0.0930 e. The van der Waals surface area contributed by atoms with Gasteiger partial charge in [-0.25, -0.2) is 0 Å². The number of alkyl halides is 1. The van der Waals surface area contributed by atoms with E-state index in [1.54, 1.807) is 11.3 Å². The first-order valence-corrected chi connectivity index (χ1v) is 7.37. The third-order valence-corrected chi connectivity index (χ3v) is 4.70. The number of hydrogen-bond acceptors (Lipinski definition) is 1. The minimum Gasteiger partial charge on any atom is -0.147 e. The fourth-order valence-corrected chi connectivity index (χ4v) is 3.37. The van der Waals surface area contributed by atoms with E-state index in [1.807, 2.05) is 0 Å². The summed E-state index contributed by atoms with van der Waals surface area (Å²) < 4.78 is 0. The monoisotopic (exact) mass is 264 g/mol. The second kappa shape index (κ2) is 5.70. The van der Waals surface area contributed by atoms with Crippen molar-refractivity contribution in [2.75, 3.05) is 0 Å². The van der Waals surface area contributed by atoms with Gasteiger partial charge in [0.15, 0.2) is 0 Å². The molecule has 0 aliphatic rings. The van der Waals surface area contributed by atoms with Crippen molar-refractivity contribution in [3.63, 3.8) is 0 Å². The summed E-state index contributed by atoms with van der Waals surface area (Å²) >= 11 is 8.32. The Hall–Kier alpha value is -0.790. The molecule has 0 fully saturated rings. The molecule has 0 aliphatic heterocycles. The van der Waals surface area contributed by atoms with Crippen molar-refractivity contribution < 1.29 is 0 Å². The summed E-state index contributed by atoms with van der Waals surface area (Å²) in [6.45, 7) is 4.34. The molecule has 0 N–H and O–H groups in total. The quantitative estimate of drug-likeness (QED) is 0.666. The van der Waals surface area contributed by atoms with E-state index in [4.69, 9.17) is 11.6 Å². The highest BCUT2D eigenvalue weighted by molar-refractivity contribution is 7.10. The van der Waals surface area contributed by atoms with Crippen molar-refractivity contribution in [3.8, 4) is 0 Å². The van der Waals surface area contributed by atoms with Crippen LogP contribution in [0.2, 0.25) is 0 Å². The number of aryl methyl sites for hydroxylation is 2.